The number of carbonyl (C=O) groups is 2. The van der Waals surface area contributed by atoms with Crippen molar-refractivity contribution in [3.8, 4) is 0 Å². The molecule has 0 aliphatic rings. The smallest absolute Gasteiger partial charge is 0.337 e. The van der Waals surface area contributed by atoms with Crippen molar-refractivity contribution in [2.45, 2.75) is 19.4 Å². The molecule has 3 rings (SSSR count). The highest BCUT2D eigenvalue weighted by Gasteiger charge is 2.18. The summed E-state index contributed by atoms with van der Waals surface area (Å²) in [7, 11) is 1.30. The van der Waals surface area contributed by atoms with Crippen molar-refractivity contribution >= 4 is 11.9 Å². The third-order valence-corrected chi connectivity index (χ3v) is 4.65. The monoisotopic (exact) mass is 410 g/mol. The van der Waals surface area contributed by atoms with Crippen LogP contribution >= 0.6 is 0 Å². The minimum absolute atomic E-state index is 0.109. The molecule has 0 fully saturated rings. The number of aromatic nitrogens is 1. The number of carbonyl (C=O) groups excluding carboxylic acids is 2. The molecule has 1 aromatic heterocycles. The molecule has 0 unspecified atom stereocenters. The van der Waals surface area contributed by atoms with Crippen LogP contribution in [0.5, 0.6) is 0 Å². The van der Waals surface area contributed by atoms with Crippen molar-refractivity contribution < 1.29 is 23.1 Å². The number of hydrogen-bond donors (Lipinski definition) is 1. The lowest BCUT2D eigenvalue weighted by atomic mass is 10.0. The summed E-state index contributed by atoms with van der Waals surface area (Å²) in [4.78, 5) is 28.4. The lowest BCUT2D eigenvalue weighted by molar-refractivity contribution is 0.0600. The average molecular weight is 410 g/mol. The number of methoxy groups -OCH3 is 1. The first-order chi connectivity index (χ1) is 14.4. The van der Waals surface area contributed by atoms with Crippen LogP contribution in [-0.4, -0.2) is 24.0 Å². The van der Waals surface area contributed by atoms with E-state index >= 15 is 0 Å². The zero-order valence-corrected chi connectivity index (χ0v) is 16.5. The summed E-state index contributed by atoms with van der Waals surface area (Å²) in [5.74, 6) is -1.92. The number of amides is 1. The van der Waals surface area contributed by atoms with Crippen LogP contribution in [0.2, 0.25) is 0 Å². The number of halogens is 2. The molecule has 0 spiro atoms. The number of pyridine rings is 1. The van der Waals surface area contributed by atoms with Crippen molar-refractivity contribution in [3.63, 3.8) is 0 Å². The van der Waals surface area contributed by atoms with Crippen LogP contribution in [0, 0.1) is 11.6 Å². The number of nitrogens with one attached hydrogen (secondary N) is 1. The molecule has 0 saturated heterocycles. The van der Waals surface area contributed by atoms with E-state index in [0.717, 1.165) is 23.4 Å². The van der Waals surface area contributed by atoms with Gasteiger partial charge in [0.25, 0.3) is 5.91 Å². The topological polar surface area (TPSA) is 68.3 Å². The van der Waals surface area contributed by atoms with Crippen molar-refractivity contribution in [1.82, 2.24) is 10.3 Å². The average Bonchev–Trinajstić information content (AvgIpc) is 2.76. The molecule has 0 aliphatic carbocycles. The van der Waals surface area contributed by atoms with Gasteiger partial charge in [0.05, 0.1) is 36.2 Å². The van der Waals surface area contributed by atoms with Crippen LogP contribution in [0.4, 0.5) is 8.78 Å². The fourth-order valence-corrected chi connectivity index (χ4v) is 2.98. The molecular weight excluding hydrogens is 390 g/mol. The maximum atomic E-state index is 13.8. The maximum Gasteiger partial charge on any atom is 0.337 e. The minimum atomic E-state index is -0.627. The van der Waals surface area contributed by atoms with Crippen molar-refractivity contribution in [2.24, 2.45) is 0 Å². The second kappa shape index (κ2) is 9.26. The Morgan fingerprint density at radius 2 is 1.70 bits per heavy atom. The fourth-order valence-electron chi connectivity index (χ4n) is 2.98. The van der Waals surface area contributed by atoms with Gasteiger partial charge in [0, 0.05) is 6.42 Å². The van der Waals surface area contributed by atoms with Crippen LogP contribution in [0.15, 0.2) is 60.8 Å². The van der Waals surface area contributed by atoms with Gasteiger partial charge in [0.2, 0.25) is 0 Å². The number of rotatable bonds is 6. The van der Waals surface area contributed by atoms with Gasteiger partial charge in [0.1, 0.15) is 11.6 Å². The second-order valence-corrected chi connectivity index (χ2v) is 6.76. The molecule has 5 nitrogen and oxygen atoms in total. The first-order valence-electron chi connectivity index (χ1n) is 9.25. The molecule has 0 aliphatic heterocycles. The molecule has 154 valence electrons. The molecule has 1 heterocycles. The molecular formula is C23H20F2N2O3. The lowest BCUT2D eigenvalue weighted by Gasteiger charge is -2.16. The SMILES string of the molecule is COC(=O)c1ccc([C@H](C)NC(=O)c2cc(F)cnc2Cc2ccc(F)cc2)cc1. The van der Waals surface area contributed by atoms with Crippen LogP contribution in [0.1, 0.15) is 50.5 Å². The molecule has 1 N–H and O–H groups in total. The maximum absolute atomic E-state index is 13.8. The van der Waals surface area contributed by atoms with Gasteiger partial charge >= 0.3 is 5.97 Å². The molecule has 7 heteroatoms. The standard InChI is InChI=1S/C23H20F2N2O3/c1-14(16-5-7-17(8-6-16)23(29)30-2)27-22(28)20-12-19(25)13-26-21(20)11-15-3-9-18(24)10-4-15/h3-10,12-14H,11H2,1-2H3,(H,27,28)/t14-/m0/s1. The number of nitrogens with zero attached hydrogens (tertiary/aromatic N) is 1. The largest absolute Gasteiger partial charge is 0.465 e. The predicted octanol–water partition coefficient (Wildman–Crippen LogP) is 4.23. The second-order valence-electron chi connectivity index (χ2n) is 6.76. The Morgan fingerprint density at radius 3 is 2.33 bits per heavy atom. The molecule has 0 radical (unpaired) electrons. The molecule has 1 atom stereocenters. The minimum Gasteiger partial charge on any atom is -0.465 e. The van der Waals surface area contributed by atoms with E-state index < -0.39 is 23.7 Å². The third-order valence-electron chi connectivity index (χ3n) is 4.65. The molecule has 1 amide bonds. The number of hydrogen-bond acceptors (Lipinski definition) is 4. The van der Waals surface area contributed by atoms with Crippen molar-refractivity contribution in [3.05, 3.63) is 100 Å². The summed E-state index contributed by atoms with van der Waals surface area (Å²) in [6, 6.07) is 13.2. The molecule has 2 aromatic carbocycles. The van der Waals surface area contributed by atoms with Crippen LogP contribution in [0.3, 0.4) is 0 Å². The first kappa shape index (κ1) is 21.1. The quantitative estimate of drug-likeness (QED) is 0.618. The van der Waals surface area contributed by atoms with E-state index in [4.69, 9.17) is 0 Å². The number of benzene rings is 2. The summed E-state index contributed by atoms with van der Waals surface area (Å²) < 4.78 is 31.6. The third kappa shape index (κ3) is 5.05. The van der Waals surface area contributed by atoms with Gasteiger partial charge in [-0.1, -0.05) is 24.3 Å². The summed E-state index contributed by atoms with van der Waals surface area (Å²) in [6.45, 7) is 1.78. The van der Waals surface area contributed by atoms with Gasteiger partial charge in [0.15, 0.2) is 0 Å². The Morgan fingerprint density at radius 1 is 1.03 bits per heavy atom. The van der Waals surface area contributed by atoms with E-state index in [9.17, 15) is 18.4 Å². The van der Waals surface area contributed by atoms with E-state index in [1.54, 1.807) is 43.3 Å². The lowest BCUT2D eigenvalue weighted by Crippen LogP contribution is -2.28. The van der Waals surface area contributed by atoms with Gasteiger partial charge in [-0.05, 0) is 48.4 Å². The summed E-state index contributed by atoms with van der Waals surface area (Å²) >= 11 is 0. The highest BCUT2D eigenvalue weighted by molar-refractivity contribution is 5.95. The Bertz CT molecular complexity index is 1050. The Balaban J connectivity index is 1.78. The van der Waals surface area contributed by atoms with Crippen molar-refractivity contribution in [2.75, 3.05) is 7.11 Å². The summed E-state index contributed by atoms with van der Waals surface area (Å²) in [5, 5.41) is 2.82. The van der Waals surface area contributed by atoms with Crippen LogP contribution in [-0.2, 0) is 11.2 Å². The normalized spacial score (nSPS) is 11.6. The Labute approximate surface area is 172 Å². The predicted molar refractivity (Wildman–Crippen MR) is 107 cm³/mol. The van der Waals surface area contributed by atoms with E-state index in [0.29, 0.717) is 11.3 Å². The van der Waals surface area contributed by atoms with E-state index in [1.165, 1.54) is 19.2 Å². The summed E-state index contributed by atoms with van der Waals surface area (Å²) in [5.41, 5.74) is 2.40. The van der Waals surface area contributed by atoms with Gasteiger partial charge in [-0.2, -0.15) is 0 Å². The van der Waals surface area contributed by atoms with E-state index in [1.807, 2.05) is 0 Å². The zero-order valence-electron chi connectivity index (χ0n) is 16.5. The highest BCUT2D eigenvalue weighted by atomic mass is 19.1. The van der Waals surface area contributed by atoms with Gasteiger partial charge in [-0.3, -0.25) is 9.78 Å². The molecule has 3 aromatic rings. The van der Waals surface area contributed by atoms with Gasteiger partial charge in [-0.15, -0.1) is 0 Å². The first-order valence-corrected chi connectivity index (χ1v) is 9.25. The molecule has 0 saturated carbocycles. The van der Waals surface area contributed by atoms with E-state index in [2.05, 4.69) is 15.0 Å². The number of esters is 1. The van der Waals surface area contributed by atoms with Crippen LogP contribution in [0.25, 0.3) is 0 Å². The van der Waals surface area contributed by atoms with Gasteiger partial charge < -0.3 is 10.1 Å². The molecule has 0 bridgehead atoms. The van der Waals surface area contributed by atoms with Gasteiger partial charge in [-0.25, -0.2) is 13.6 Å². The van der Waals surface area contributed by atoms with Crippen LogP contribution < -0.4 is 5.32 Å². The molecule has 30 heavy (non-hydrogen) atoms. The Hall–Kier alpha value is -3.61. The zero-order chi connectivity index (χ0) is 21.7. The number of ether oxygens (including phenoxy) is 1. The Kier molecular flexibility index (Phi) is 6.51. The fraction of sp³-hybridized carbons (Fsp3) is 0.174. The van der Waals surface area contributed by atoms with Crippen molar-refractivity contribution in [1.29, 1.82) is 0 Å². The summed E-state index contributed by atoms with van der Waals surface area (Å²) in [6.07, 6.45) is 1.30. The highest BCUT2D eigenvalue weighted by Crippen LogP contribution is 2.18. The van der Waals surface area contributed by atoms with E-state index in [-0.39, 0.29) is 17.8 Å².